The molecule has 1 heterocycles. The van der Waals surface area contributed by atoms with Gasteiger partial charge in [0.2, 0.25) is 0 Å². The molecule has 2 aromatic rings. The average molecular weight is 310 g/mol. The zero-order chi connectivity index (χ0) is 14.5. The zero-order valence-corrected chi connectivity index (χ0v) is 11.7. The van der Waals surface area contributed by atoms with Gasteiger partial charge < -0.3 is 10.4 Å². The molecule has 0 saturated heterocycles. The Hall–Kier alpha value is -1.87. The number of anilines is 1. The average Bonchev–Trinajstić information content (AvgIpc) is 2.89. The standard InChI is InChI=1S/C14H9ClFNO2S/c15-12-7-10(3-4-13(12)16)17-14(19)9-6-11(20-8-9)2-1-5-18/h3-4,6-8,18H,5H2,(H,17,19). The fourth-order valence-electron chi connectivity index (χ4n) is 1.42. The van der Waals surface area contributed by atoms with Crippen LogP contribution in [0.1, 0.15) is 15.2 Å². The number of halogens is 2. The zero-order valence-electron chi connectivity index (χ0n) is 10.1. The lowest BCUT2D eigenvalue weighted by Gasteiger charge is -2.04. The molecule has 0 radical (unpaired) electrons. The molecule has 1 aromatic heterocycles. The van der Waals surface area contributed by atoms with Crippen LogP contribution < -0.4 is 5.32 Å². The molecule has 0 aliphatic heterocycles. The number of aliphatic hydroxyl groups excluding tert-OH is 1. The van der Waals surface area contributed by atoms with Crippen molar-refractivity contribution in [2.24, 2.45) is 0 Å². The van der Waals surface area contributed by atoms with Crippen LogP contribution in [-0.4, -0.2) is 17.6 Å². The second-order valence-electron chi connectivity index (χ2n) is 3.74. The highest BCUT2D eigenvalue weighted by Crippen LogP contribution is 2.21. The summed E-state index contributed by atoms with van der Waals surface area (Å²) >= 11 is 6.94. The van der Waals surface area contributed by atoms with E-state index in [2.05, 4.69) is 17.2 Å². The lowest BCUT2D eigenvalue weighted by molar-refractivity contribution is 0.102. The maximum atomic E-state index is 13.0. The van der Waals surface area contributed by atoms with Gasteiger partial charge in [-0.1, -0.05) is 23.4 Å². The first-order valence-corrected chi connectivity index (χ1v) is 6.80. The number of rotatable bonds is 2. The van der Waals surface area contributed by atoms with Gasteiger partial charge in [-0.2, -0.15) is 0 Å². The molecule has 0 fully saturated rings. The predicted octanol–water partition coefficient (Wildman–Crippen LogP) is 3.14. The Balaban J connectivity index is 2.11. The maximum absolute atomic E-state index is 13.0. The molecular formula is C14H9ClFNO2S. The molecule has 0 spiro atoms. The molecule has 0 bridgehead atoms. The summed E-state index contributed by atoms with van der Waals surface area (Å²) in [6.07, 6.45) is 0. The molecular weight excluding hydrogens is 301 g/mol. The number of amides is 1. The number of hydrogen-bond acceptors (Lipinski definition) is 3. The summed E-state index contributed by atoms with van der Waals surface area (Å²) in [6.45, 7) is -0.229. The summed E-state index contributed by atoms with van der Waals surface area (Å²) in [7, 11) is 0. The van der Waals surface area contributed by atoms with Crippen molar-refractivity contribution in [2.75, 3.05) is 11.9 Å². The van der Waals surface area contributed by atoms with Crippen LogP contribution in [-0.2, 0) is 0 Å². The van der Waals surface area contributed by atoms with Crippen molar-refractivity contribution in [2.45, 2.75) is 0 Å². The van der Waals surface area contributed by atoms with Crippen LogP contribution in [0.25, 0.3) is 0 Å². The molecule has 0 unspecified atom stereocenters. The molecule has 1 aromatic carbocycles. The van der Waals surface area contributed by atoms with Gasteiger partial charge in [0.05, 0.1) is 15.5 Å². The van der Waals surface area contributed by atoms with Gasteiger partial charge in [0.15, 0.2) is 0 Å². The van der Waals surface area contributed by atoms with Crippen LogP contribution in [0.4, 0.5) is 10.1 Å². The Morgan fingerprint density at radius 1 is 1.45 bits per heavy atom. The van der Waals surface area contributed by atoms with Gasteiger partial charge in [-0.05, 0) is 24.3 Å². The molecule has 0 saturated carbocycles. The van der Waals surface area contributed by atoms with Crippen LogP contribution in [0.2, 0.25) is 5.02 Å². The highest BCUT2D eigenvalue weighted by atomic mass is 35.5. The normalized spacial score (nSPS) is 9.75. The summed E-state index contributed by atoms with van der Waals surface area (Å²) in [5, 5.41) is 12.8. The van der Waals surface area contributed by atoms with Crippen LogP contribution in [0, 0.1) is 17.7 Å². The minimum absolute atomic E-state index is 0.0531. The minimum Gasteiger partial charge on any atom is -0.384 e. The van der Waals surface area contributed by atoms with Crippen molar-refractivity contribution in [3.63, 3.8) is 0 Å². The molecule has 6 heteroatoms. The van der Waals surface area contributed by atoms with Gasteiger partial charge in [-0.15, -0.1) is 11.3 Å². The van der Waals surface area contributed by atoms with E-state index < -0.39 is 5.82 Å². The summed E-state index contributed by atoms with van der Waals surface area (Å²) in [6, 6.07) is 5.57. The van der Waals surface area contributed by atoms with Gasteiger partial charge in [0, 0.05) is 11.1 Å². The van der Waals surface area contributed by atoms with E-state index in [0.717, 1.165) is 0 Å². The third-order valence-corrected chi connectivity index (χ3v) is 3.47. The summed E-state index contributed by atoms with van der Waals surface area (Å²) < 4.78 is 13.0. The summed E-state index contributed by atoms with van der Waals surface area (Å²) in [5.74, 6) is 4.35. The SMILES string of the molecule is O=C(Nc1ccc(F)c(Cl)c1)c1csc(C#CCO)c1. The number of nitrogens with one attached hydrogen (secondary N) is 1. The second kappa shape index (κ2) is 6.53. The Labute approximate surface area is 124 Å². The number of carbonyl (C=O) groups excluding carboxylic acids is 1. The third kappa shape index (κ3) is 3.58. The molecule has 2 N–H and O–H groups in total. The minimum atomic E-state index is -0.540. The molecule has 20 heavy (non-hydrogen) atoms. The van der Waals surface area contributed by atoms with E-state index in [1.165, 1.54) is 29.5 Å². The van der Waals surface area contributed by atoms with E-state index in [4.69, 9.17) is 16.7 Å². The van der Waals surface area contributed by atoms with Crippen molar-refractivity contribution < 1.29 is 14.3 Å². The highest BCUT2D eigenvalue weighted by Gasteiger charge is 2.09. The number of thiophene rings is 1. The molecule has 0 atom stereocenters. The Morgan fingerprint density at radius 3 is 2.95 bits per heavy atom. The Kier molecular flexibility index (Phi) is 4.74. The van der Waals surface area contributed by atoms with E-state index in [1.54, 1.807) is 11.4 Å². The first-order valence-electron chi connectivity index (χ1n) is 5.55. The smallest absolute Gasteiger partial charge is 0.256 e. The fraction of sp³-hybridized carbons (Fsp3) is 0.0714. The van der Waals surface area contributed by atoms with E-state index in [-0.39, 0.29) is 17.5 Å². The van der Waals surface area contributed by atoms with Gasteiger partial charge in [-0.25, -0.2) is 4.39 Å². The third-order valence-electron chi connectivity index (χ3n) is 2.33. The van der Waals surface area contributed by atoms with Crippen molar-refractivity contribution in [1.82, 2.24) is 0 Å². The van der Waals surface area contributed by atoms with E-state index in [1.807, 2.05) is 0 Å². The molecule has 0 aliphatic rings. The number of benzene rings is 1. The lowest BCUT2D eigenvalue weighted by atomic mass is 10.2. The number of hydrogen-bond donors (Lipinski definition) is 2. The second-order valence-corrected chi connectivity index (χ2v) is 5.06. The van der Waals surface area contributed by atoms with Crippen molar-refractivity contribution >= 4 is 34.5 Å². The first kappa shape index (κ1) is 14.5. The van der Waals surface area contributed by atoms with Crippen molar-refractivity contribution in [1.29, 1.82) is 0 Å². The first-order chi connectivity index (χ1) is 9.60. The maximum Gasteiger partial charge on any atom is 0.256 e. The largest absolute Gasteiger partial charge is 0.384 e. The van der Waals surface area contributed by atoms with E-state index in [9.17, 15) is 9.18 Å². The molecule has 3 nitrogen and oxygen atoms in total. The van der Waals surface area contributed by atoms with Gasteiger partial charge >= 0.3 is 0 Å². The number of carbonyl (C=O) groups is 1. The van der Waals surface area contributed by atoms with Crippen LogP contribution >= 0.6 is 22.9 Å². The molecule has 1 amide bonds. The monoisotopic (exact) mass is 309 g/mol. The fourth-order valence-corrected chi connectivity index (χ4v) is 2.36. The highest BCUT2D eigenvalue weighted by molar-refractivity contribution is 7.10. The topological polar surface area (TPSA) is 49.3 Å². The Bertz CT molecular complexity index is 703. The Morgan fingerprint density at radius 2 is 2.25 bits per heavy atom. The van der Waals surface area contributed by atoms with Gasteiger partial charge in [-0.3, -0.25) is 4.79 Å². The molecule has 102 valence electrons. The quantitative estimate of drug-likeness (QED) is 0.837. The van der Waals surface area contributed by atoms with Crippen LogP contribution in [0.5, 0.6) is 0 Å². The van der Waals surface area contributed by atoms with Gasteiger partial charge in [0.1, 0.15) is 12.4 Å². The molecule has 0 aliphatic carbocycles. The summed E-state index contributed by atoms with van der Waals surface area (Å²) in [5.41, 5.74) is 0.855. The number of aliphatic hydroxyl groups is 1. The van der Waals surface area contributed by atoms with Crippen molar-refractivity contribution in [3.8, 4) is 11.8 Å². The van der Waals surface area contributed by atoms with Gasteiger partial charge in [0.25, 0.3) is 5.91 Å². The molecule has 2 rings (SSSR count). The summed E-state index contributed by atoms with van der Waals surface area (Å²) in [4.78, 5) is 12.6. The van der Waals surface area contributed by atoms with E-state index >= 15 is 0 Å². The predicted molar refractivity (Wildman–Crippen MR) is 77.6 cm³/mol. The van der Waals surface area contributed by atoms with Crippen LogP contribution in [0.15, 0.2) is 29.6 Å². The van der Waals surface area contributed by atoms with Crippen LogP contribution in [0.3, 0.4) is 0 Å². The van der Waals surface area contributed by atoms with Crippen molar-refractivity contribution in [3.05, 3.63) is 50.9 Å². The lowest BCUT2D eigenvalue weighted by Crippen LogP contribution is -2.10. The van der Waals surface area contributed by atoms with E-state index in [0.29, 0.717) is 16.1 Å².